The molecule has 0 radical (unpaired) electrons. The number of rotatable bonds is 11. The minimum absolute atomic E-state index is 0.520. The van der Waals surface area contributed by atoms with Gasteiger partial charge in [-0.25, -0.2) is 0 Å². The fourth-order valence-corrected chi connectivity index (χ4v) is 5.31. The normalized spacial score (nSPS) is 16.4. The smallest absolute Gasteiger partial charge is 0.282 e. The number of hydrogen-bond donors (Lipinski definition) is 0. The third kappa shape index (κ3) is 5.84. The van der Waals surface area contributed by atoms with E-state index in [0.717, 1.165) is 51.0 Å². The average Bonchev–Trinajstić information content (AvgIpc) is 3.24. The number of nitrogens with zero attached hydrogens (tertiary/aromatic N) is 7. The zero-order chi connectivity index (χ0) is 21.4. The fraction of sp³-hybridized carbons (Fsp3) is 0.650. The first-order chi connectivity index (χ1) is 14.5. The zero-order valence-corrected chi connectivity index (χ0v) is 18.8. The molecule has 30 heavy (non-hydrogen) atoms. The third-order valence-corrected chi connectivity index (χ3v) is 7.69. The second kappa shape index (κ2) is 10.9. The van der Waals surface area contributed by atoms with Crippen molar-refractivity contribution in [2.45, 2.75) is 39.7 Å². The number of aromatic nitrogens is 4. The Morgan fingerprint density at radius 3 is 2.27 bits per heavy atom. The molecule has 9 nitrogen and oxygen atoms in total. The molecule has 0 bridgehead atoms. The van der Waals surface area contributed by atoms with E-state index < -0.39 is 10.2 Å². The van der Waals surface area contributed by atoms with Gasteiger partial charge in [-0.2, -0.15) is 21.8 Å². The highest BCUT2D eigenvalue weighted by Gasteiger charge is 2.30. The first-order valence-electron chi connectivity index (χ1n) is 10.9. The van der Waals surface area contributed by atoms with Crippen LogP contribution in [0.3, 0.4) is 0 Å². The number of tetrazole rings is 1. The van der Waals surface area contributed by atoms with Gasteiger partial charge in [0.2, 0.25) is 5.82 Å². The van der Waals surface area contributed by atoms with Gasteiger partial charge in [-0.3, -0.25) is 0 Å². The number of unbranched alkanes of at least 4 members (excludes halogenated alkanes) is 2. The lowest BCUT2D eigenvalue weighted by molar-refractivity contribution is 0.178. The van der Waals surface area contributed by atoms with Gasteiger partial charge in [-0.1, -0.05) is 50.6 Å². The van der Waals surface area contributed by atoms with Crippen molar-refractivity contribution in [1.29, 1.82) is 0 Å². The molecule has 166 valence electrons. The monoisotopic (exact) mass is 435 g/mol. The summed E-state index contributed by atoms with van der Waals surface area (Å²) in [6, 6.07) is 9.87. The molecule has 0 aliphatic carbocycles. The molecule has 0 atom stereocenters. The van der Waals surface area contributed by atoms with Gasteiger partial charge in [0.25, 0.3) is 10.2 Å². The van der Waals surface area contributed by atoms with Crippen LogP contribution >= 0.6 is 0 Å². The van der Waals surface area contributed by atoms with Crippen molar-refractivity contribution in [3.8, 4) is 11.4 Å². The lowest BCUT2D eigenvalue weighted by Crippen LogP contribution is -2.53. The van der Waals surface area contributed by atoms with Crippen molar-refractivity contribution in [2.24, 2.45) is 0 Å². The molecule has 1 aliphatic heterocycles. The van der Waals surface area contributed by atoms with Crippen LogP contribution in [0.25, 0.3) is 11.4 Å². The molecule has 1 aromatic heterocycles. The summed E-state index contributed by atoms with van der Waals surface area (Å²) >= 11 is 0. The van der Waals surface area contributed by atoms with Crippen LogP contribution in [0.5, 0.6) is 0 Å². The predicted molar refractivity (Wildman–Crippen MR) is 117 cm³/mol. The first kappa shape index (κ1) is 22.8. The Balaban J connectivity index is 1.33. The Morgan fingerprint density at radius 1 is 0.933 bits per heavy atom. The van der Waals surface area contributed by atoms with E-state index in [1.807, 2.05) is 44.2 Å². The molecule has 3 rings (SSSR count). The average molecular weight is 436 g/mol. The van der Waals surface area contributed by atoms with Gasteiger partial charge in [0.1, 0.15) is 0 Å². The van der Waals surface area contributed by atoms with Gasteiger partial charge in [0.05, 0.1) is 6.54 Å². The van der Waals surface area contributed by atoms with Crippen molar-refractivity contribution < 1.29 is 8.42 Å². The SMILES string of the molecule is CCN(CC)S(=O)(=O)N1CCN(CCCCCn2nnc(-c3ccccc3)n2)CC1. The van der Waals surface area contributed by atoms with E-state index in [1.54, 1.807) is 9.10 Å². The summed E-state index contributed by atoms with van der Waals surface area (Å²) in [6.45, 7) is 9.31. The van der Waals surface area contributed by atoms with Crippen molar-refractivity contribution in [3.63, 3.8) is 0 Å². The number of aryl methyl sites for hydroxylation is 1. The summed E-state index contributed by atoms with van der Waals surface area (Å²) in [5.41, 5.74) is 0.978. The van der Waals surface area contributed by atoms with Crippen molar-refractivity contribution >= 4 is 10.2 Å². The van der Waals surface area contributed by atoms with E-state index in [2.05, 4.69) is 20.3 Å². The van der Waals surface area contributed by atoms with Gasteiger partial charge < -0.3 is 4.90 Å². The highest BCUT2D eigenvalue weighted by atomic mass is 32.2. The number of benzene rings is 1. The quantitative estimate of drug-likeness (QED) is 0.500. The molecule has 0 saturated carbocycles. The Kier molecular flexibility index (Phi) is 8.32. The number of hydrogen-bond acceptors (Lipinski definition) is 6. The van der Waals surface area contributed by atoms with Crippen LogP contribution in [0, 0.1) is 0 Å². The second-order valence-electron chi connectivity index (χ2n) is 7.47. The van der Waals surface area contributed by atoms with Crippen molar-refractivity contribution in [2.75, 3.05) is 45.8 Å². The second-order valence-corrected chi connectivity index (χ2v) is 9.40. The largest absolute Gasteiger partial charge is 0.301 e. The Morgan fingerprint density at radius 2 is 1.60 bits per heavy atom. The molecule has 1 saturated heterocycles. The van der Waals surface area contributed by atoms with Crippen LogP contribution in [0.4, 0.5) is 0 Å². The molecule has 1 aliphatic rings. The standard InChI is InChI=1S/C20H33N7O2S/c1-3-25(4-2)30(28,29)26-17-15-24(16-18-26)13-9-6-10-14-27-22-20(21-23-27)19-11-7-5-8-12-19/h5,7-8,11-12H,3-4,6,9-10,13-18H2,1-2H3. The summed E-state index contributed by atoms with van der Waals surface area (Å²) in [5.74, 6) is 0.660. The summed E-state index contributed by atoms with van der Waals surface area (Å²) in [5, 5.41) is 12.7. The van der Waals surface area contributed by atoms with Crippen LogP contribution in [0.1, 0.15) is 33.1 Å². The molecular formula is C20H33N7O2S. The molecule has 2 aromatic rings. The Hall–Kier alpha value is -1.88. The summed E-state index contributed by atoms with van der Waals surface area (Å²) in [7, 11) is -3.31. The van der Waals surface area contributed by atoms with E-state index in [9.17, 15) is 8.42 Å². The summed E-state index contributed by atoms with van der Waals surface area (Å²) in [4.78, 5) is 4.02. The fourth-order valence-electron chi connectivity index (χ4n) is 3.70. The third-order valence-electron chi connectivity index (χ3n) is 5.51. The van der Waals surface area contributed by atoms with Crippen LogP contribution in [-0.4, -0.2) is 87.9 Å². The highest BCUT2D eigenvalue weighted by molar-refractivity contribution is 7.86. The van der Waals surface area contributed by atoms with E-state index >= 15 is 0 Å². The van der Waals surface area contributed by atoms with E-state index in [-0.39, 0.29) is 0 Å². The topological polar surface area (TPSA) is 87.5 Å². The maximum Gasteiger partial charge on any atom is 0.282 e. The van der Waals surface area contributed by atoms with Crippen molar-refractivity contribution in [1.82, 2.24) is 33.7 Å². The van der Waals surface area contributed by atoms with Gasteiger partial charge in [-0.15, -0.1) is 10.2 Å². The molecule has 0 N–H and O–H groups in total. The molecule has 0 spiro atoms. The molecule has 1 aromatic carbocycles. The molecule has 1 fully saturated rings. The lowest BCUT2D eigenvalue weighted by Gasteiger charge is -2.36. The Labute approximate surface area is 179 Å². The summed E-state index contributed by atoms with van der Waals surface area (Å²) in [6.07, 6.45) is 3.17. The maximum absolute atomic E-state index is 12.6. The van der Waals surface area contributed by atoms with Gasteiger partial charge in [0, 0.05) is 44.8 Å². The Bertz CT molecular complexity index is 860. The van der Waals surface area contributed by atoms with Gasteiger partial charge in [-0.05, 0) is 24.6 Å². The minimum Gasteiger partial charge on any atom is -0.301 e. The lowest BCUT2D eigenvalue weighted by atomic mass is 10.2. The van der Waals surface area contributed by atoms with Crippen LogP contribution in [-0.2, 0) is 16.8 Å². The predicted octanol–water partition coefficient (Wildman–Crippen LogP) is 1.71. The molecule has 0 amide bonds. The molecule has 10 heteroatoms. The highest BCUT2D eigenvalue weighted by Crippen LogP contribution is 2.14. The maximum atomic E-state index is 12.6. The van der Waals surface area contributed by atoms with Gasteiger partial charge >= 0.3 is 0 Å². The minimum atomic E-state index is -3.31. The molecule has 2 heterocycles. The van der Waals surface area contributed by atoms with E-state index in [0.29, 0.717) is 32.0 Å². The first-order valence-corrected chi connectivity index (χ1v) is 12.2. The molecule has 0 unspecified atom stereocenters. The van der Waals surface area contributed by atoms with Gasteiger partial charge in [0.15, 0.2) is 0 Å². The molecular weight excluding hydrogens is 402 g/mol. The van der Waals surface area contributed by atoms with Crippen LogP contribution in [0.15, 0.2) is 30.3 Å². The van der Waals surface area contributed by atoms with Crippen LogP contribution in [0.2, 0.25) is 0 Å². The van der Waals surface area contributed by atoms with E-state index in [1.165, 1.54) is 4.31 Å². The number of piperazine rings is 1. The summed E-state index contributed by atoms with van der Waals surface area (Å²) < 4.78 is 28.3. The zero-order valence-electron chi connectivity index (χ0n) is 18.0. The van der Waals surface area contributed by atoms with Crippen molar-refractivity contribution in [3.05, 3.63) is 30.3 Å². The van der Waals surface area contributed by atoms with E-state index in [4.69, 9.17) is 0 Å². The van der Waals surface area contributed by atoms with Crippen LogP contribution < -0.4 is 0 Å².